The first-order valence-corrected chi connectivity index (χ1v) is 5.01. The third-order valence-electron chi connectivity index (χ3n) is 2.13. The molecule has 1 aliphatic rings. The Labute approximate surface area is 81.9 Å². The summed E-state index contributed by atoms with van der Waals surface area (Å²) < 4.78 is 7.30. The average molecular weight is 202 g/mol. The van der Waals surface area contributed by atoms with Crippen LogP contribution in [-0.4, -0.2) is 21.4 Å². The fraction of sp³-hybridized carbons (Fsp3) is 0.750. The van der Waals surface area contributed by atoms with Gasteiger partial charge in [-0.2, -0.15) is 5.10 Å². The molecule has 0 bridgehead atoms. The zero-order valence-corrected chi connectivity index (χ0v) is 8.07. The van der Waals surface area contributed by atoms with Gasteiger partial charge in [0, 0.05) is 6.61 Å². The fourth-order valence-corrected chi connectivity index (χ4v) is 1.57. The molecule has 1 aliphatic heterocycles. The maximum atomic E-state index is 5.60. The molecule has 0 spiro atoms. The van der Waals surface area contributed by atoms with E-state index in [1.54, 1.807) is 11.0 Å². The zero-order valence-electron chi connectivity index (χ0n) is 7.32. The molecule has 5 heteroatoms. The fourth-order valence-electron chi connectivity index (χ4n) is 1.44. The number of aromatic nitrogens is 3. The summed E-state index contributed by atoms with van der Waals surface area (Å²) in [4.78, 5) is 4.05. The van der Waals surface area contributed by atoms with Crippen molar-refractivity contribution in [2.24, 2.45) is 0 Å². The molecule has 0 N–H and O–H groups in total. The van der Waals surface area contributed by atoms with Crippen LogP contribution in [0, 0.1) is 0 Å². The average Bonchev–Trinajstić information content (AvgIpc) is 2.67. The second-order valence-corrected chi connectivity index (χ2v) is 3.36. The minimum atomic E-state index is 0.0678. The first-order valence-electron chi connectivity index (χ1n) is 4.48. The molecular weight excluding hydrogens is 190 g/mol. The number of halogens is 1. The molecule has 4 nitrogen and oxygen atoms in total. The second kappa shape index (κ2) is 4.07. The van der Waals surface area contributed by atoms with Gasteiger partial charge in [0.05, 0.1) is 5.88 Å². The van der Waals surface area contributed by atoms with Crippen molar-refractivity contribution in [1.29, 1.82) is 0 Å². The van der Waals surface area contributed by atoms with Crippen LogP contribution < -0.4 is 0 Å². The van der Waals surface area contributed by atoms with E-state index >= 15 is 0 Å². The number of rotatable bonds is 2. The van der Waals surface area contributed by atoms with Crippen molar-refractivity contribution in [2.45, 2.75) is 31.4 Å². The van der Waals surface area contributed by atoms with Crippen molar-refractivity contribution >= 4 is 11.6 Å². The predicted octanol–water partition coefficient (Wildman–Crippen LogP) is 1.72. The molecule has 0 saturated carbocycles. The summed E-state index contributed by atoms with van der Waals surface area (Å²) in [7, 11) is 0. The molecule has 72 valence electrons. The molecule has 2 heterocycles. The van der Waals surface area contributed by atoms with Crippen molar-refractivity contribution in [2.75, 3.05) is 6.61 Å². The quantitative estimate of drug-likeness (QED) is 0.684. The van der Waals surface area contributed by atoms with Gasteiger partial charge in [-0.25, -0.2) is 9.67 Å². The van der Waals surface area contributed by atoms with Gasteiger partial charge in [-0.15, -0.1) is 11.6 Å². The Kier molecular flexibility index (Phi) is 2.80. The van der Waals surface area contributed by atoms with Gasteiger partial charge in [-0.05, 0) is 19.3 Å². The van der Waals surface area contributed by atoms with E-state index in [9.17, 15) is 0 Å². The molecule has 1 unspecified atom stereocenters. The van der Waals surface area contributed by atoms with E-state index in [4.69, 9.17) is 16.3 Å². The van der Waals surface area contributed by atoms with E-state index in [0.29, 0.717) is 11.7 Å². The highest BCUT2D eigenvalue weighted by Gasteiger charge is 2.16. The molecule has 1 fully saturated rings. The first kappa shape index (κ1) is 8.97. The Bertz CT molecular complexity index is 270. The summed E-state index contributed by atoms with van der Waals surface area (Å²) >= 11 is 5.60. The third kappa shape index (κ3) is 2.00. The number of alkyl halides is 1. The zero-order chi connectivity index (χ0) is 9.10. The number of ether oxygens (including phenoxy) is 1. The van der Waals surface area contributed by atoms with Crippen molar-refractivity contribution in [3.8, 4) is 0 Å². The minimum Gasteiger partial charge on any atom is -0.356 e. The van der Waals surface area contributed by atoms with Gasteiger partial charge < -0.3 is 4.74 Å². The predicted molar refractivity (Wildman–Crippen MR) is 48.4 cm³/mol. The van der Waals surface area contributed by atoms with Gasteiger partial charge in [0.2, 0.25) is 0 Å². The highest BCUT2D eigenvalue weighted by atomic mass is 35.5. The number of nitrogens with zero attached hydrogens (tertiary/aromatic N) is 3. The molecule has 0 radical (unpaired) electrons. The largest absolute Gasteiger partial charge is 0.356 e. The van der Waals surface area contributed by atoms with E-state index in [-0.39, 0.29) is 6.23 Å². The van der Waals surface area contributed by atoms with Gasteiger partial charge in [-0.3, -0.25) is 0 Å². The van der Waals surface area contributed by atoms with Crippen LogP contribution in [0.2, 0.25) is 0 Å². The van der Waals surface area contributed by atoms with Crippen LogP contribution >= 0.6 is 11.6 Å². The Hall–Kier alpha value is -0.610. The monoisotopic (exact) mass is 201 g/mol. The topological polar surface area (TPSA) is 39.9 Å². The van der Waals surface area contributed by atoms with Crippen LogP contribution in [0.3, 0.4) is 0 Å². The summed E-state index contributed by atoms with van der Waals surface area (Å²) in [5, 5.41) is 4.20. The SMILES string of the molecule is ClCc1ncn(C2CCCCO2)n1. The van der Waals surface area contributed by atoms with Crippen molar-refractivity contribution in [3.63, 3.8) is 0 Å². The van der Waals surface area contributed by atoms with Gasteiger partial charge in [0.15, 0.2) is 12.1 Å². The Balaban J connectivity index is 2.05. The smallest absolute Gasteiger partial charge is 0.165 e. The van der Waals surface area contributed by atoms with Crippen molar-refractivity contribution in [1.82, 2.24) is 14.8 Å². The van der Waals surface area contributed by atoms with Gasteiger partial charge >= 0.3 is 0 Å². The molecule has 13 heavy (non-hydrogen) atoms. The molecule has 1 aromatic rings. The highest BCUT2D eigenvalue weighted by Crippen LogP contribution is 2.21. The standard InChI is InChI=1S/C8H12ClN3O/c9-5-7-10-6-12(11-7)8-3-1-2-4-13-8/h6,8H,1-5H2. The van der Waals surface area contributed by atoms with Crippen LogP contribution in [0.5, 0.6) is 0 Å². The van der Waals surface area contributed by atoms with E-state index in [1.165, 1.54) is 6.42 Å². The Morgan fingerprint density at radius 1 is 1.62 bits per heavy atom. The Morgan fingerprint density at radius 2 is 2.54 bits per heavy atom. The summed E-state index contributed by atoms with van der Waals surface area (Å²) in [6, 6.07) is 0. The van der Waals surface area contributed by atoms with Crippen LogP contribution in [0.15, 0.2) is 6.33 Å². The maximum Gasteiger partial charge on any atom is 0.165 e. The number of hydrogen-bond acceptors (Lipinski definition) is 3. The van der Waals surface area contributed by atoms with E-state index < -0.39 is 0 Å². The van der Waals surface area contributed by atoms with Crippen LogP contribution in [-0.2, 0) is 10.6 Å². The lowest BCUT2D eigenvalue weighted by Crippen LogP contribution is -2.18. The minimum absolute atomic E-state index is 0.0678. The van der Waals surface area contributed by atoms with Crippen LogP contribution in [0.1, 0.15) is 31.3 Å². The third-order valence-corrected chi connectivity index (χ3v) is 2.37. The van der Waals surface area contributed by atoms with Gasteiger partial charge in [-0.1, -0.05) is 0 Å². The van der Waals surface area contributed by atoms with Crippen molar-refractivity contribution < 1.29 is 4.74 Å². The van der Waals surface area contributed by atoms with Gasteiger partial charge in [0.1, 0.15) is 6.33 Å². The number of hydrogen-bond donors (Lipinski definition) is 0. The molecule has 0 amide bonds. The first-order chi connectivity index (χ1) is 6.40. The lowest BCUT2D eigenvalue weighted by Gasteiger charge is -2.21. The molecule has 0 aromatic carbocycles. The van der Waals surface area contributed by atoms with Crippen LogP contribution in [0.25, 0.3) is 0 Å². The summed E-state index contributed by atoms with van der Waals surface area (Å²) in [6.07, 6.45) is 5.12. The molecule has 0 aliphatic carbocycles. The molecular formula is C8H12ClN3O. The molecule has 1 saturated heterocycles. The Morgan fingerprint density at radius 3 is 3.15 bits per heavy atom. The highest BCUT2D eigenvalue weighted by molar-refractivity contribution is 6.16. The van der Waals surface area contributed by atoms with E-state index in [0.717, 1.165) is 19.4 Å². The summed E-state index contributed by atoms with van der Waals surface area (Å²) in [5.74, 6) is 1.02. The summed E-state index contributed by atoms with van der Waals surface area (Å²) in [5.41, 5.74) is 0. The van der Waals surface area contributed by atoms with Crippen molar-refractivity contribution in [3.05, 3.63) is 12.2 Å². The second-order valence-electron chi connectivity index (χ2n) is 3.10. The normalized spacial score (nSPS) is 23.3. The molecule has 2 rings (SSSR count). The maximum absolute atomic E-state index is 5.60. The molecule has 1 atom stereocenters. The lowest BCUT2D eigenvalue weighted by atomic mass is 10.2. The van der Waals surface area contributed by atoms with Crippen LogP contribution in [0.4, 0.5) is 0 Å². The molecule has 1 aromatic heterocycles. The van der Waals surface area contributed by atoms with Gasteiger partial charge in [0.25, 0.3) is 0 Å². The summed E-state index contributed by atoms with van der Waals surface area (Å²) in [6.45, 7) is 0.820. The lowest BCUT2D eigenvalue weighted by molar-refractivity contribution is -0.0398. The van der Waals surface area contributed by atoms with E-state index in [1.807, 2.05) is 0 Å². The van der Waals surface area contributed by atoms with E-state index in [2.05, 4.69) is 10.1 Å².